The molecule has 0 saturated heterocycles. The zero-order chi connectivity index (χ0) is 15.8. The van der Waals surface area contributed by atoms with Crippen LogP contribution in [-0.2, 0) is 13.2 Å². The number of alkyl halides is 3. The van der Waals surface area contributed by atoms with Gasteiger partial charge < -0.3 is 5.32 Å². The summed E-state index contributed by atoms with van der Waals surface area (Å²) in [5, 5.41) is 4.83. The summed E-state index contributed by atoms with van der Waals surface area (Å²) in [5.41, 5.74) is -1.70. The second-order valence-electron chi connectivity index (χ2n) is 3.95. The van der Waals surface area contributed by atoms with E-state index in [0.717, 1.165) is 4.68 Å². The fourth-order valence-electron chi connectivity index (χ4n) is 1.55. The van der Waals surface area contributed by atoms with Gasteiger partial charge in [-0.25, -0.2) is 4.98 Å². The summed E-state index contributed by atoms with van der Waals surface area (Å²) in [4.78, 5) is 15.9. The third-order valence-corrected chi connectivity index (χ3v) is 3.27. The summed E-state index contributed by atoms with van der Waals surface area (Å²) in [6.07, 6.45) is -3.30. The van der Waals surface area contributed by atoms with Crippen LogP contribution < -0.4 is 5.32 Å². The van der Waals surface area contributed by atoms with Gasteiger partial charge in [-0.1, -0.05) is 11.6 Å². The van der Waals surface area contributed by atoms with E-state index >= 15 is 0 Å². The number of rotatable bonds is 2. The van der Waals surface area contributed by atoms with Crippen molar-refractivity contribution < 1.29 is 18.0 Å². The van der Waals surface area contributed by atoms with Gasteiger partial charge in [-0.15, -0.1) is 0 Å². The molecule has 0 fully saturated rings. The molecule has 112 valence electrons. The van der Waals surface area contributed by atoms with Crippen LogP contribution in [0, 0.1) is 0 Å². The number of hydrogen-bond donors (Lipinski definition) is 1. The Kier molecular flexibility index (Phi) is 4.24. The molecule has 21 heavy (non-hydrogen) atoms. The maximum absolute atomic E-state index is 12.7. The standard InChI is InChI=1S/C11H7BrClF3N4O/c1-20-8(7(13)9(19-20)11(14,15)16)10(21)18-6-3-2-5(12)4-17-6/h2-4H,1H3,(H,17,18,21). The van der Waals surface area contributed by atoms with Gasteiger partial charge in [-0.3, -0.25) is 9.48 Å². The Morgan fingerprint density at radius 1 is 1.43 bits per heavy atom. The summed E-state index contributed by atoms with van der Waals surface area (Å²) in [6.45, 7) is 0. The van der Waals surface area contributed by atoms with Crippen molar-refractivity contribution in [1.82, 2.24) is 14.8 Å². The molecule has 5 nitrogen and oxygen atoms in total. The van der Waals surface area contributed by atoms with E-state index < -0.39 is 28.5 Å². The monoisotopic (exact) mass is 382 g/mol. The Balaban J connectivity index is 2.32. The highest BCUT2D eigenvalue weighted by Crippen LogP contribution is 2.35. The van der Waals surface area contributed by atoms with E-state index in [1.807, 2.05) is 0 Å². The topological polar surface area (TPSA) is 59.8 Å². The predicted molar refractivity (Wildman–Crippen MR) is 73.1 cm³/mol. The Bertz CT molecular complexity index is 684. The number of aryl methyl sites for hydroxylation is 1. The van der Waals surface area contributed by atoms with Gasteiger partial charge in [-0.2, -0.15) is 18.3 Å². The van der Waals surface area contributed by atoms with Crippen molar-refractivity contribution in [2.75, 3.05) is 5.32 Å². The zero-order valence-corrected chi connectivity index (χ0v) is 12.7. The van der Waals surface area contributed by atoms with Gasteiger partial charge in [0.15, 0.2) is 5.69 Å². The number of hydrogen-bond acceptors (Lipinski definition) is 3. The summed E-state index contributed by atoms with van der Waals surface area (Å²) < 4.78 is 39.5. The number of anilines is 1. The summed E-state index contributed by atoms with van der Waals surface area (Å²) in [7, 11) is 1.20. The lowest BCUT2D eigenvalue weighted by atomic mass is 10.3. The molecule has 0 aliphatic heterocycles. The van der Waals surface area contributed by atoms with E-state index in [1.54, 1.807) is 6.07 Å². The van der Waals surface area contributed by atoms with Crippen molar-refractivity contribution in [2.45, 2.75) is 6.18 Å². The van der Waals surface area contributed by atoms with Crippen molar-refractivity contribution in [3.05, 3.63) is 39.2 Å². The molecule has 10 heteroatoms. The van der Waals surface area contributed by atoms with Gasteiger partial charge in [0.05, 0.1) is 0 Å². The third kappa shape index (κ3) is 3.35. The smallest absolute Gasteiger partial charge is 0.305 e. The first-order chi connectivity index (χ1) is 9.70. The fraction of sp³-hybridized carbons (Fsp3) is 0.182. The molecule has 0 spiro atoms. The molecule has 2 rings (SSSR count). The van der Waals surface area contributed by atoms with E-state index in [0.29, 0.717) is 4.47 Å². The number of aromatic nitrogens is 3. The van der Waals surface area contributed by atoms with Crippen LogP contribution in [0.25, 0.3) is 0 Å². The Morgan fingerprint density at radius 3 is 2.57 bits per heavy atom. The highest BCUT2D eigenvalue weighted by atomic mass is 79.9. The second-order valence-corrected chi connectivity index (χ2v) is 5.24. The Labute approximate surface area is 130 Å². The molecule has 0 saturated carbocycles. The number of carbonyl (C=O) groups excluding carboxylic acids is 1. The van der Waals surface area contributed by atoms with Gasteiger partial charge >= 0.3 is 6.18 Å². The van der Waals surface area contributed by atoms with E-state index in [4.69, 9.17) is 11.6 Å². The molecule has 0 radical (unpaired) electrons. The second kappa shape index (κ2) is 5.64. The minimum atomic E-state index is -4.73. The highest BCUT2D eigenvalue weighted by Gasteiger charge is 2.39. The lowest BCUT2D eigenvalue weighted by Crippen LogP contribution is -2.17. The molecule has 0 aromatic carbocycles. The Hall–Kier alpha value is -1.61. The average molecular weight is 384 g/mol. The van der Waals surface area contributed by atoms with E-state index in [1.165, 1.54) is 19.3 Å². The largest absolute Gasteiger partial charge is 0.436 e. The number of nitrogens with one attached hydrogen (secondary N) is 1. The van der Waals surface area contributed by atoms with Crippen LogP contribution in [0.1, 0.15) is 16.2 Å². The van der Waals surface area contributed by atoms with Crippen LogP contribution in [0.4, 0.5) is 19.0 Å². The number of carbonyl (C=O) groups is 1. The predicted octanol–water partition coefficient (Wildman–Crippen LogP) is 3.50. The quantitative estimate of drug-likeness (QED) is 0.863. The molecule has 1 N–H and O–H groups in total. The van der Waals surface area contributed by atoms with Crippen molar-refractivity contribution in [2.24, 2.45) is 7.05 Å². The lowest BCUT2D eigenvalue weighted by Gasteiger charge is -2.05. The van der Waals surface area contributed by atoms with Crippen molar-refractivity contribution in [3.8, 4) is 0 Å². The normalized spacial score (nSPS) is 11.5. The molecular formula is C11H7BrClF3N4O. The molecule has 2 aromatic heterocycles. The van der Waals surface area contributed by atoms with Crippen LogP contribution >= 0.6 is 27.5 Å². The summed E-state index contributed by atoms with van der Waals surface area (Å²) >= 11 is 8.78. The molecule has 0 aliphatic carbocycles. The molecule has 0 aliphatic rings. The van der Waals surface area contributed by atoms with Gasteiger partial charge in [-0.05, 0) is 28.1 Å². The number of halogens is 5. The molecule has 0 atom stereocenters. The molecule has 2 heterocycles. The maximum atomic E-state index is 12.7. The van der Waals surface area contributed by atoms with Crippen molar-refractivity contribution in [3.63, 3.8) is 0 Å². The number of amides is 1. The first-order valence-electron chi connectivity index (χ1n) is 5.42. The van der Waals surface area contributed by atoms with Gasteiger partial charge in [0.1, 0.15) is 16.5 Å². The van der Waals surface area contributed by atoms with Gasteiger partial charge in [0.2, 0.25) is 0 Å². The number of pyridine rings is 1. The molecule has 0 unspecified atom stereocenters. The minimum absolute atomic E-state index is 0.175. The van der Waals surface area contributed by atoms with Crippen molar-refractivity contribution >= 4 is 39.3 Å². The SMILES string of the molecule is Cn1nc(C(F)(F)F)c(Cl)c1C(=O)Nc1ccc(Br)cn1. The zero-order valence-electron chi connectivity index (χ0n) is 10.4. The van der Waals surface area contributed by atoms with Gasteiger partial charge in [0.25, 0.3) is 5.91 Å². The molecule has 2 aromatic rings. The van der Waals surface area contributed by atoms with E-state index in [-0.39, 0.29) is 5.82 Å². The molecule has 1 amide bonds. The Morgan fingerprint density at radius 2 is 2.10 bits per heavy atom. The first-order valence-corrected chi connectivity index (χ1v) is 6.60. The fourth-order valence-corrected chi connectivity index (χ4v) is 2.14. The highest BCUT2D eigenvalue weighted by molar-refractivity contribution is 9.10. The average Bonchev–Trinajstić information content (AvgIpc) is 2.67. The molecular weight excluding hydrogens is 376 g/mol. The van der Waals surface area contributed by atoms with E-state index in [2.05, 4.69) is 31.3 Å². The number of nitrogens with zero attached hydrogens (tertiary/aromatic N) is 3. The van der Waals surface area contributed by atoms with Crippen LogP contribution in [0.5, 0.6) is 0 Å². The third-order valence-electron chi connectivity index (χ3n) is 2.44. The minimum Gasteiger partial charge on any atom is -0.305 e. The van der Waals surface area contributed by atoms with Crippen LogP contribution in [0.15, 0.2) is 22.8 Å². The summed E-state index contributed by atoms with van der Waals surface area (Å²) in [6, 6.07) is 3.10. The van der Waals surface area contributed by atoms with Gasteiger partial charge in [0, 0.05) is 17.7 Å². The van der Waals surface area contributed by atoms with E-state index in [9.17, 15) is 18.0 Å². The van der Waals surface area contributed by atoms with Crippen LogP contribution in [0.2, 0.25) is 5.02 Å². The summed E-state index contributed by atoms with van der Waals surface area (Å²) in [5.74, 6) is -0.658. The maximum Gasteiger partial charge on any atom is 0.436 e. The van der Waals surface area contributed by atoms with Crippen molar-refractivity contribution in [1.29, 1.82) is 0 Å². The van der Waals surface area contributed by atoms with Crippen LogP contribution in [-0.4, -0.2) is 20.7 Å². The molecule has 0 bridgehead atoms. The van der Waals surface area contributed by atoms with Crippen LogP contribution in [0.3, 0.4) is 0 Å². The first kappa shape index (κ1) is 15.8. The lowest BCUT2D eigenvalue weighted by molar-refractivity contribution is -0.141.